The maximum absolute atomic E-state index is 5.65. The van der Waals surface area contributed by atoms with Gasteiger partial charge in [-0.05, 0) is 12.5 Å². The Balaban J connectivity index is 1.77. The van der Waals surface area contributed by atoms with Gasteiger partial charge in [-0.1, -0.05) is 13.8 Å². The van der Waals surface area contributed by atoms with Gasteiger partial charge in [-0.3, -0.25) is 4.98 Å². The third-order valence-corrected chi connectivity index (χ3v) is 2.72. The summed E-state index contributed by atoms with van der Waals surface area (Å²) < 4.78 is 10.9. The van der Waals surface area contributed by atoms with E-state index in [9.17, 15) is 0 Å². The van der Waals surface area contributed by atoms with E-state index < -0.39 is 0 Å². The smallest absolute Gasteiger partial charge is 0.232 e. The highest BCUT2D eigenvalue weighted by molar-refractivity contribution is 5.07. The van der Waals surface area contributed by atoms with Crippen molar-refractivity contribution in [2.45, 2.75) is 32.9 Å². The number of rotatable bonds is 6. The third kappa shape index (κ3) is 4.23. The number of hydrogen-bond acceptors (Lipinski definition) is 5. The predicted molar refractivity (Wildman–Crippen MR) is 68.4 cm³/mol. The first-order valence-corrected chi connectivity index (χ1v) is 6.50. The fourth-order valence-electron chi connectivity index (χ4n) is 1.76. The second kappa shape index (κ2) is 6.66. The summed E-state index contributed by atoms with van der Waals surface area (Å²) in [4.78, 5) is 8.59. The van der Waals surface area contributed by atoms with E-state index in [1.165, 1.54) is 0 Å². The molecule has 1 aromatic rings. The fourth-order valence-corrected chi connectivity index (χ4v) is 1.76. The molecule has 2 heterocycles. The van der Waals surface area contributed by atoms with Crippen LogP contribution in [-0.4, -0.2) is 35.8 Å². The lowest BCUT2D eigenvalue weighted by Crippen LogP contribution is -2.20. The van der Waals surface area contributed by atoms with Crippen LogP contribution in [0.25, 0.3) is 0 Å². The van der Waals surface area contributed by atoms with Crippen LogP contribution < -0.4 is 10.1 Å². The van der Waals surface area contributed by atoms with Crippen molar-refractivity contribution in [3.63, 3.8) is 0 Å². The quantitative estimate of drug-likeness (QED) is 0.828. The average Bonchev–Trinajstić information content (AvgIpc) is 2.84. The first-order valence-electron chi connectivity index (χ1n) is 6.50. The summed E-state index contributed by atoms with van der Waals surface area (Å²) in [6.07, 6.45) is 4.51. The van der Waals surface area contributed by atoms with Crippen LogP contribution in [0.5, 0.6) is 5.88 Å². The lowest BCUT2D eigenvalue weighted by atomic mass is 10.2. The monoisotopic (exact) mass is 251 g/mol. The molecule has 0 amide bonds. The van der Waals surface area contributed by atoms with Crippen molar-refractivity contribution >= 4 is 0 Å². The number of aromatic nitrogens is 2. The first kappa shape index (κ1) is 13.2. The van der Waals surface area contributed by atoms with Crippen molar-refractivity contribution in [2.75, 3.05) is 19.8 Å². The summed E-state index contributed by atoms with van der Waals surface area (Å²) in [6, 6.07) is 0. The summed E-state index contributed by atoms with van der Waals surface area (Å²) in [5.74, 6) is 1.22. The zero-order valence-corrected chi connectivity index (χ0v) is 11.1. The molecule has 100 valence electrons. The van der Waals surface area contributed by atoms with Gasteiger partial charge in [0.05, 0.1) is 31.3 Å². The molecule has 0 aliphatic carbocycles. The minimum absolute atomic E-state index is 0.129. The van der Waals surface area contributed by atoms with Crippen LogP contribution in [0.2, 0.25) is 0 Å². The number of nitrogens with one attached hydrogen (secondary N) is 1. The summed E-state index contributed by atoms with van der Waals surface area (Å²) >= 11 is 0. The molecule has 0 spiro atoms. The van der Waals surface area contributed by atoms with Gasteiger partial charge in [0.1, 0.15) is 6.10 Å². The van der Waals surface area contributed by atoms with Crippen LogP contribution in [0, 0.1) is 5.92 Å². The standard InChI is InChI=1S/C13H21N3O2/c1-10(2)5-14-6-11-7-16-13(8-15-11)18-12-3-4-17-9-12/h7-8,10,12,14H,3-6,9H2,1-2H3. The normalized spacial score (nSPS) is 19.4. The zero-order valence-electron chi connectivity index (χ0n) is 11.1. The Morgan fingerprint density at radius 1 is 1.44 bits per heavy atom. The lowest BCUT2D eigenvalue weighted by Gasteiger charge is -2.11. The maximum atomic E-state index is 5.65. The highest BCUT2D eigenvalue weighted by atomic mass is 16.5. The second-order valence-corrected chi connectivity index (χ2v) is 4.97. The summed E-state index contributed by atoms with van der Waals surface area (Å²) in [5, 5.41) is 3.33. The van der Waals surface area contributed by atoms with Gasteiger partial charge in [0.15, 0.2) is 0 Å². The molecule has 1 atom stereocenters. The number of ether oxygens (including phenoxy) is 2. The van der Waals surface area contributed by atoms with Crippen LogP contribution in [0.3, 0.4) is 0 Å². The van der Waals surface area contributed by atoms with Crippen molar-refractivity contribution < 1.29 is 9.47 Å². The third-order valence-electron chi connectivity index (χ3n) is 2.72. The molecule has 1 N–H and O–H groups in total. The Morgan fingerprint density at radius 3 is 2.94 bits per heavy atom. The second-order valence-electron chi connectivity index (χ2n) is 4.97. The molecular formula is C13H21N3O2. The molecule has 1 aliphatic rings. The SMILES string of the molecule is CC(C)CNCc1cnc(OC2CCOC2)cn1. The van der Waals surface area contributed by atoms with Crippen molar-refractivity contribution in [2.24, 2.45) is 5.92 Å². The zero-order chi connectivity index (χ0) is 12.8. The molecule has 5 heteroatoms. The Hall–Kier alpha value is -1.20. The fraction of sp³-hybridized carbons (Fsp3) is 0.692. The molecule has 0 aromatic carbocycles. The van der Waals surface area contributed by atoms with Gasteiger partial charge in [-0.25, -0.2) is 4.98 Å². The van der Waals surface area contributed by atoms with Crippen molar-refractivity contribution in [3.05, 3.63) is 18.1 Å². The van der Waals surface area contributed by atoms with Crippen molar-refractivity contribution in [3.8, 4) is 5.88 Å². The van der Waals surface area contributed by atoms with Crippen LogP contribution in [-0.2, 0) is 11.3 Å². The molecule has 2 rings (SSSR count). The summed E-state index contributed by atoms with van der Waals surface area (Å²) in [5.41, 5.74) is 0.936. The minimum atomic E-state index is 0.129. The number of nitrogens with zero attached hydrogens (tertiary/aromatic N) is 2. The van der Waals surface area contributed by atoms with E-state index >= 15 is 0 Å². The van der Waals surface area contributed by atoms with Crippen molar-refractivity contribution in [1.29, 1.82) is 0 Å². The van der Waals surface area contributed by atoms with Gasteiger partial charge in [0.2, 0.25) is 5.88 Å². The topological polar surface area (TPSA) is 56.3 Å². The molecule has 0 saturated carbocycles. The van der Waals surface area contributed by atoms with Gasteiger partial charge < -0.3 is 14.8 Å². The number of hydrogen-bond donors (Lipinski definition) is 1. The van der Waals surface area contributed by atoms with E-state index in [1.807, 2.05) is 0 Å². The van der Waals surface area contributed by atoms with E-state index in [0.717, 1.165) is 31.8 Å². The van der Waals surface area contributed by atoms with Crippen molar-refractivity contribution in [1.82, 2.24) is 15.3 Å². The molecule has 1 aliphatic heterocycles. The Bertz CT molecular complexity index is 348. The van der Waals surface area contributed by atoms with E-state index in [1.54, 1.807) is 12.4 Å². The van der Waals surface area contributed by atoms with E-state index in [4.69, 9.17) is 9.47 Å². The highest BCUT2D eigenvalue weighted by Crippen LogP contribution is 2.13. The van der Waals surface area contributed by atoms with E-state index in [0.29, 0.717) is 18.4 Å². The predicted octanol–water partition coefficient (Wildman–Crippen LogP) is 1.39. The molecule has 18 heavy (non-hydrogen) atoms. The molecular weight excluding hydrogens is 230 g/mol. The lowest BCUT2D eigenvalue weighted by molar-refractivity contribution is 0.137. The van der Waals surface area contributed by atoms with Crippen LogP contribution in [0.15, 0.2) is 12.4 Å². The van der Waals surface area contributed by atoms with Gasteiger partial charge in [-0.2, -0.15) is 0 Å². The van der Waals surface area contributed by atoms with E-state index in [-0.39, 0.29) is 6.10 Å². The minimum Gasteiger partial charge on any atom is -0.471 e. The Morgan fingerprint density at radius 2 is 2.33 bits per heavy atom. The summed E-state index contributed by atoms with van der Waals surface area (Å²) in [7, 11) is 0. The molecule has 0 radical (unpaired) electrons. The van der Waals surface area contributed by atoms with Gasteiger partial charge in [0.25, 0.3) is 0 Å². The van der Waals surface area contributed by atoms with Crippen LogP contribution in [0.4, 0.5) is 0 Å². The Labute approximate surface area is 108 Å². The van der Waals surface area contributed by atoms with Gasteiger partial charge in [-0.15, -0.1) is 0 Å². The largest absolute Gasteiger partial charge is 0.471 e. The molecule has 1 aromatic heterocycles. The molecule has 1 unspecified atom stereocenters. The molecule has 1 fully saturated rings. The van der Waals surface area contributed by atoms with Crippen LogP contribution in [0.1, 0.15) is 26.0 Å². The summed E-state index contributed by atoms with van der Waals surface area (Å²) in [6.45, 7) is 7.52. The van der Waals surface area contributed by atoms with Gasteiger partial charge >= 0.3 is 0 Å². The van der Waals surface area contributed by atoms with Crippen LogP contribution >= 0.6 is 0 Å². The highest BCUT2D eigenvalue weighted by Gasteiger charge is 2.17. The molecule has 1 saturated heterocycles. The maximum Gasteiger partial charge on any atom is 0.232 e. The van der Waals surface area contributed by atoms with Gasteiger partial charge in [0, 0.05) is 13.0 Å². The molecule has 0 bridgehead atoms. The van der Waals surface area contributed by atoms with E-state index in [2.05, 4.69) is 29.1 Å². The Kier molecular flexibility index (Phi) is 4.90. The molecule has 5 nitrogen and oxygen atoms in total. The first-order chi connectivity index (χ1) is 8.74. The average molecular weight is 251 g/mol.